The third kappa shape index (κ3) is 2.84. The van der Waals surface area contributed by atoms with Gasteiger partial charge in [-0.25, -0.2) is 0 Å². The Morgan fingerprint density at radius 3 is 2.71 bits per heavy atom. The zero-order valence-electron chi connectivity index (χ0n) is 10.4. The van der Waals surface area contributed by atoms with E-state index in [1.54, 1.807) is 7.11 Å². The van der Waals surface area contributed by atoms with Gasteiger partial charge < -0.3 is 14.4 Å². The maximum Gasteiger partial charge on any atom is 0.229 e. The maximum atomic E-state index is 9.46. The van der Waals surface area contributed by atoms with Gasteiger partial charge in [-0.1, -0.05) is 12.1 Å². The first kappa shape index (κ1) is 12.5. The summed E-state index contributed by atoms with van der Waals surface area (Å²) in [5.41, 5.74) is 0. The molecule has 0 saturated heterocycles. The average Bonchev–Trinajstić information content (AvgIpc) is 2.81. The molecule has 1 N–H and O–H groups in total. The van der Waals surface area contributed by atoms with Gasteiger partial charge in [-0.2, -0.15) is 4.98 Å². The lowest BCUT2D eigenvalue weighted by Gasteiger charge is -2.22. The number of nitrogens with zero attached hydrogens (tertiary/aromatic N) is 2. The van der Waals surface area contributed by atoms with Crippen molar-refractivity contribution in [2.45, 2.75) is 57.2 Å². The van der Waals surface area contributed by atoms with E-state index in [4.69, 9.17) is 9.26 Å². The largest absolute Gasteiger partial charge is 0.393 e. The summed E-state index contributed by atoms with van der Waals surface area (Å²) in [6.07, 6.45) is 4.09. The zero-order chi connectivity index (χ0) is 12.3. The van der Waals surface area contributed by atoms with E-state index in [0.717, 1.165) is 32.1 Å². The Hall–Kier alpha value is -0.940. The van der Waals surface area contributed by atoms with Crippen LogP contribution < -0.4 is 0 Å². The van der Waals surface area contributed by atoms with E-state index >= 15 is 0 Å². The highest BCUT2D eigenvalue weighted by atomic mass is 16.5. The average molecular weight is 240 g/mol. The molecule has 1 aromatic heterocycles. The van der Waals surface area contributed by atoms with Crippen LogP contribution in [0.5, 0.6) is 0 Å². The molecule has 0 bridgehead atoms. The normalized spacial score (nSPS) is 27.0. The Morgan fingerprint density at radius 2 is 2.12 bits per heavy atom. The van der Waals surface area contributed by atoms with Gasteiger partial charge in [-0.15, -0.1) is 0 Å². The summed E-state index contributed by atoms with van der Waals surface area (Å²) in [7, 11) is 1.65. The second-order valence-corrected chi connectivity index (χ2v) is 4.63. The molecule has 1 aliphatic carbocycles. The second kappa shape index (κ2) is 5.60. The molecule has 0 aromatic carbocycles. The molecule has 0 aliphatic heterocycles. The molecule has 0 spiro atoms. The van der Waals surface area contributed by atoms with Crippen molar-refractivity contribution in [3.05, 3.63) is 11.7 Å². The summed E-state index contributed by atoms with van der Waals surface area (Å²) in [5.74, 6) is 1.63. The molecule has 0 radical (unpaired) electrons. The summed E-state index contributed by atoms with van der Waals surface area (Å²) < 4.78 is 10.6. The summed E-state index contributed by atoms with van der Waals surface area (Å²) >= 11 is 0. The van der Waals surface area contributed by atoms with Crippen LogP contribution in [0.25, 0.3) is 0 Å². The third-order valence-electron chi connectivity index (χ3n) is 3.45. The van der Waals surface area contributed by atoms with Crippen molar-refractivity contribution in [1.82, 2.24) is 10.1 Å². The van der Waals surface area contributed by atoms with Gasteiger partial charge in [0, 0.05) is 13.0 Å². The maximum absolute atomic E-state index is 9.46. The highest BCUT2D eigenvalue weighted by Crippen LogP contribution is 2.32. The van der Waals surface area contributed by atoms with E-state index in [-0.39, 0.29) is 12.2 Å². The van der Waals surface area contributed by atoms with Gasteiger partial charge in [0.2, 0.25) is 11.7 Å². The molecular formula is C12H20N2O3. The van der Waals surface area contributed by atoms with E-state index in [9.17, 15) is 5.11 Å². The fraction of sp³-hybridized carbons (Fsp3) is 0.833. The first-order valence-corrected chi connectivity index (χ1v) is 6.29. The van der Waals surface area contributed by atoms with Crippen LogP contribution in [-0.2, 0) is 4.74 Å². The first-order valence-electron chi connectivity index (χ1n) is 6.29. The standard InChI is InChI=1S/C12H20N2O3/c1-3-10(16-2)11-13-12(17-14-11)8-4-6-9(15)7-5-8/h8-10,15H,3-7H2,1-2H3. The molecule has 1 unspecified atom stereocenters. The Kier molecular flexibility index (Phi) is 4.12. The van der Waals surface area contributed by atoms with Gasteiger partial charge >= 0.3 is 0 Å². The van der Waals surface area contributed by atoms with Gasteiger partial charge in [0.1, 0.15) is 6.10 Å². The molecule has 1 aliphatic rings. The topological polar surface area (TPSA) is 68.4 Å². The number of hydrogen-bond acceptors (Lipinski definition) is 5. The smallest absolute Gasteiger partial charge is 0.229 e. The van der Waals surface area contributed by atoms with Gasteiger partial charge in [0.25, 0.3) is 0 Å². The number of ether oxygens (including phenoxy) is 1. The molecule has 1 aromatic rings. The fourth-order valence-corrected chi connectivity index (χ4v) is 2.32. The highest BCUT2D eigenvalue weighted by Gasteiger charge is 2.26. The first-order chi connectivity index (χ1) is 8.24. The summed E-state index contributed by atoms with van der Waals surface area (Å²) in [4.78, 5) is 4.42. The van der Waals surface area contributed by atoms with Gasteiger partial charge in [0.15, 0.2) is 0 Å². The van der Waals surface area contributed by atoms with Crippen LogP contribution in [-0.4, -0.2) is 28.5 Å². The van der Waals surface area contributed by atoms with E-state index in [2.05, 4.69) is 10.1 Å². The molecule has 1 fully saturated rings. The summed E-state index contributed by atoms with van der Waals surface area (Å²) in [5, 5.41) is 13.4. The molecule has 96 valence electrons. The summed E-state index contributed by atoms with van der Waals surface area (Å²) in [6, 6.07) is 0. The molecule has 5 nitrogen and oxygen atoms in total. The van der Waals surface area contributed by atoms with Gasteiger partial charge in [-0.3, -0.25) is 0 Å². The van der Waals surface area contributed by atoms with Crippen molar-refractivity contribution < 1.29 is 14.4 Å². The van der Waals surface area contributed by atoms with Crippen LogP contribution in [0.2, 0.25) is 0 Å². The van der Waals surface area contributed by atoms with E-state index in [1.807, 2.05) is 6.92 Å². The van der Waals surface area contributed by atoms with Crippen molar-refractivity contribution in [2.75, 3.05) is 7.11 Å². The van der Waals surface area contributed by atoms with Crippen molar-refractivity contribution in [3.8, 4) is 0 Å². The van der Waals surface area contributed by atoms with Crippen molar-refractivity contribution in [1.29, 1.82) is 0 Å². The molecule has 0 amide bonds. The minimum absolute atomic E-state index is 0.0818. The van der Waals surface area contributed by atoms with Gasteiger partial charge in [0.05, 0.1) is 6.10 Å². The predicted octanol–water partition coefficient (Wildman–Crippen LogP) is 2.19. The van der Waals surface area contributed by atoms with Crippen LogP contribution in [0.15, 0.2) is 4.52 Å². The number of aromatic nitrogens is 2. The van der Waals surface area contributed by atoms with Crippen LogP contribution in [0.3, 0.4) is 0 Å². The lowest BCUT2D eigenvalue weighted by Crippen LogP contribution is -2.17. The van der Waals surface area contributed by atoms with Crippen LogP contribution >= 0.6 is 0 Å². The lowest BCUT2D eigenvalue weighted by atomic mass is 9.87. The summed E-state index contributed by atoms with van der Waals surface area (Å²) in [6.45, 7) is 2.03. The monoisotopic (exact) mass is 240 g/mol. The minimum atomic E-state index is -0.156. The highest BCUT2D eigenvalue weighted by molar-refractivity contribution is 4.98. The number of methoxy groups -OCH3 is 1. The van der Waals surface area contributed by atoms with Crippen LogP contribution in [0, 0.1) is 0 Å². The quantitative estimate of drug-likeness (QED) is 0.873. The van der Waals surface area contributed by atoms with E-state index in [1.165, 1.54) is 0 Å². The molecule has 1 atom stereocenters. The van der Waals surface area contributed by atoms with Crippen molar-refractivity contribution in [3.63, 3.8) is 0 Å². The van der Waals surface area contributed by atoms with E-state index in [0.29, 0.717) is 17.6 Å². The third-order valence-corrected chi connectivity index (χ3v) is 3.45. The van der Waals surface area contributed by atoms with Gasteiger partial charge in [-0.05, 0) is 32.1 Å². The van der Waals surface area contributed by atoms with Crippen LogP contribution in [0.1, 0.15) is 62.8 Å². The molecular weight excluding hydrogens is 220 g/mol. The Labute approximate surface area is 101 Å². The SMILES string of the molecule is CCC(OC)c1noc(C2CCC(O)CC2)n1. The number of aliphatic hydroxyl groups excluding tert-OH is 1. The fourth-order valence-electron chi connectivity index (χ4n) is 2.32. The second-order valence-electron chi connectivity index (χ2n) is 4.63. The van der Waals surface area contributed by atoms with E-state index < -0.39 is 0 Å². The van der Waals surface area contributed by atoms with Crippen LogP contribution in [0.4, 0.5) is 0 Å². The number of hydrogen-bond donors (Lipinski definition) is 1. The Bertz CT molecular complexity index is 341. The number of rotatable bonds is 4. The van der Waals surface area contributed by atoms with Crippen molar-refractivity contribution >= 4 is 0 Å². The Morgan fingerprint density at radius 1 is 1.41 bits per heavy atom. The Balaban J connectivity index is 2.02. The minimum Gasteiger partial charge on any atom is -0.393 e. The molecule has 1 heterocycles. The molecule has 5 heteroatoms. The molecule has 17 heavy (non-hydrogen) atoms. The zero-order valence-corrected chi connectivity index (χ0v) is 10.4. The molecule has 2 rings (SSSR count). The van der Waals surface area contributed by atoms with Crippen molar-refractivity contribution in [2.24, 2.45) is 0 Å². The molecule has 1 saturated carbocycles. The number of aliphatic hydroxyl groups is 1. The lowest BCUT2D eigenvalue weighted by molar-refractivity contribution is 0.0903. The predicted molar refractivity (Wildman–Crippen MR) is 61.6 cm³/mol.